The number of aliphatic hydroxyl groups excluding tert-OH is 1. The highest BCUT2D eigenvalue weighted by Gasteiger charge is 2.47. The minimum Gasteiger partial charge on any atom is -0.507 e. The Bertz CT molecular complexity index is 1220. The van der Waals surface area contributed by atoms with Crippen molar-refractivity contribution in [1.82, 2.24) is 4.90 Å². The average Bonchev–Trinajstić information content (AvgIpc) is 3.43. The monoisotopic (exact) mass is 467 g/mol. The summed E-state index contributed by atoms with van der Waals surface area (Å²) in [7, 11) is 1.54. The number of hydrogen-bond donors (Lipinski definition) is 1. The van der Waals surface area contributed by atoms with E-state index in [1.807, 2.05) is 25.1 Å². The summed E-state index contributed by atoms with van der Waals surface area (Å²) in [5.41, 5.74) is 0.938. The Kier molecular flexibility index (Phi) is 6.42. The van der Waals surface area contributed by atoms with Crippen molar-refractivity contribution in [2.24, 2.45) is 0 Å². The fourth-order valence-corrected chi connectivity index (χ4v) is 4.05. The molecule has 0 spiro atoms. The second-order valence-electron chi connectivity index (χ2n) is 7.33. The molecule has 1 fully saturated rings. The molecule has 33 heavy (non-hydrogen) atoms. The van der Waals surface area contributed by atoms with E-state index in [0.29, 0.717) is 40.0 Å². The molecule has 1 N–H and O–H groups in total. The van der Waals surface area contributed by atoms with Crippen LogP contribution in [0.15, 0.2) is 70.9 Å². The van der Waals surface area contributed by atoms with E-state index in [4.69, 9.17) is 25.5 Å². The number of Topliss-reactive ketones (excluding diaryl/α,β-unsaturated/α-hetero) is 1. The lowest BCUT2D eigenvalue weighted by Gasteiger charge is -2.24. The highest BCUT2D eigenvalue weighted by molar-refractivity contribution is 6.46. The number of aliphatic hydroxyl groups is 1. The minimum atomic E-state index is -0.920. The summed E-state index contributed by atoms with van der Waals surface area (Å²) >= 11 is 6.16. The molecule has 8 heteroatoms. The van der Waals surface area contributed by atoms with Gasteiger partial charge in [-0.1, -0.05) is 29.8 Å². The highest BCUT2D eigenvalue weighted by Crippen LogP contribution is 2.41. The predicted octanol–water partition coefficient (Wildman–Crippen LogP) is 4.96. The van der Waals surface area contributed by atoms with E-state index in [2.05, 4.69) is 0 Å². The number of para-hydroxylation sites is 1. The number of hydrogen-bond acceptors (Lipinski definition) is 6. The molecule has 0 aliphatic carbocycles. The largest absolute Gasteiger partial charge is 0.507 e. The van der Waals surface area contributed by atoms with E-state index in [0.717, 1.165) is 0 Å². The molecule has 3 aromatic rings. The molecule has 2 aromatic carbocycles. The Hall–Kier alpha value is -3.71. The van der Waals surface area contributed by atoms with Crippen molar-refractivity contribution in [1.29, 1.82) is 0 Å². The van der Waals surface area contributed by atoms with Gasteiger partial charge in [-0.15, -0.1) is 0 Å². The van der Waals surface area contributed by atoms with Crippen LogP contribution < -0.4 is 9.47 Å². The molecule has 170 valence electrons. The fourth-order valence-electron chi connectivity index (χ4n) is 3.88. The highest BCUT2D eigenvalue weighted by atomic mass is 35.5. The molecule has 1 aliphatic rings. The standard InChI is InChI=1S/C25H22ClNO6/c1-3-32-20-13-15(10-11-17(20)26)23(28)21-22(19-9-6-12-33-19)27(25(30)24(21)29)14-16-7-4-5-8-18(16)31-2/h4-13,22,28H,3,14H2,1-2H3/b23-21-. The number of rotatable bonds is 7. The predicted molar refractivity (Wildman–Crippen MR) is 122 cm³/mol. The lowest BCUT2D eigenvalue weighted by atomic mass is 9.99. The minimum absolute atomic E-state index is 0.0744. The third-order valence-corrected chi connectivity index (χ3v) is 5.70. The first-order valence-electron chi connectivity index (χ1n) is 10.3. The quantitative estimate of drug-likeness (QED) is 0.300. The maximum Gasteiger partial charge on any atom is 0.296 e. The third-order valence-electron chi connectivity index (χ3n) is 5.39. The van der Waals surface area contributed by atoms with Crippen molar-refractivity contribution >= 4 is 29.1 Å². The molecule has 0 radical (unpaired) electrons. The van der Waals surface area contributed by atoms with Crippen LogP contribution >= 0.6 is 11.6 Å². The van der Waals surface area contributed by atoms with Gasteiger partial charge in [-0.2, -0.15) is 0 Å². The SMILES string of the molecule is CCOc1cc(/C(O)=C2/C(=O)C(=O)N(Cc3ccccc3OC)C2c2ccco2)ccc1Cl. The summed E-state index contributed by atoms with van der Waals surface area (Å²) in [5, 5.41) is 11.5. The van der Waals surface area contributed by atoms with Gasteiger partial charge in [0.1, 0.15) is 29.1 Å². The van der Waals surface area contributed by atoms with Crippen molar-refractivity contribution in [3.05, 3.63) is 88.3 Å². The molecule has 1 amide bonds. The van der Waals surface area contributed by atoms with E-state index < -0.39 is 17.7 Å². The number of amides is 1. The number of ether oxygens (including phenoxy) is 2. The van der Waals surface area contributed by atoms with Crippen molar-refractivity contribution < 1.29 is 28.6 Å². The van der Waals surface area contributed by atoms with Crippen molar-refractivity contribution in [2.45, 2.75) is 19.5 Å². The lowest BCUT2D eigenvalue weighted by Crippen LogP contribution is -2.29. The van der Waals surface area contributed by atoms with Gasteiger partial charge in [-0.25, -0.2) is 0 Å². The molecule has 1 atom stereocenters. The van der Waals surface area contributed by atoms with Crippen molar-refractivity contribution in [3.8, 4) is 11.5 Å². The van der Waals surface area contributed by atoms with Crippen LogP contribution in [0.25, 0.3) is 5.76 Å². The van der Waals surface area contributed by atoms with Crippen LogP contribution in [0.4, 0.5) is 0 Å². The summed E-state index contributed by atoms with van der Waals surface area (Å²) in [4.78, 5) is 27.6. The number of carbonyl (C=O) groups excluding carboxylic acids is 2. The van der Waals surface area contributed by atoms with Gasteiger partial charge in [0.25, 0.3) is 11.7 Å². The Morgan fingerprint density at radius 1 is 1.12 bits per heavy atom. The number of ketones is 1. The molecule has 1 unspecified atom stereocenters. The van der Waals surface area contributed by atoms with Crippen LogP contribution in [0.2, 0.25) is 5.02 Å². The number of nitrogens with zero attached hydrogens (tertiary/aromatic N) is 1. The van der Waals surface area contributed by atoms with Gasteiger partial charge in [0.15, 0.2) is 0 Å². The molecule has 2 heterocycles. The smallest absolute Gasteiger partial charge is 0.296 e. The normalized spacial score (nSPS) is 17.4. The first-order chi connectivity index (χ1) is 16.0. The molecule has 1 aromatic heterocycles. The first-order valence-corrected chi connectivity index (χ1v) is 10.7. The van der Waals surface area contributed by atoms with E-state index in [1.165, 1.54) is 24.3 Å². The second kappa shape index (κ2) is 9.42. The van der Waals surface area contributed by atoms with Crippen LogP contribution in [0, 0.1) is 0 Å². The number of carbonyl (C=O) groups is 2. The summed E-state index contributed by atoms with van der Waals surface area (Å²) in [5.74, 6) is -0.600. The number of methoxy groups -OCH3 is 1. The topological polar surface area (TPSA) is 89.2 Å². The zero-order valence-corrected chi connectivity index (χ0v) is 18.8. The molecular formula is C25H22ClNO6. The van der Waals surface area contributed by atoms with Crippen LogP contribution in [-0.4, -0.2) is 35.4 Å². The van der Waals surface area contributed by atoms with Gasteiger partial charge < -0.3 is 23.9 Å². The lowest BCUT2D eigenvalue weighted by molar-refractivity contribution is -0.140. The van der Waals surface area contributed by atoms with Crippen LogP contribution in [0.1, 0.15) is 29.9 Å². The van der Waals surface area contributed by atoms with E-state index in [1.54, 1.807) is 30.3 Å². The Labute approximate surface area is 195 Å². The zero-order chi connectivity index (χ0) is 23.5. The Morgan fingerprint density at radius 3 is 2.61 bits per heavy atom. The van der Waals surface area contributed by atoms with Crippen molar-refractivity contribution in [2.75, 3.05) is 13.7 Å². The summed E-state index contributed by atoms with van der Waals surface area (Å²) in [6, 6.07) is 14.3. The van der Waals surface area contributed by atoms with Gasteiger partial charge in [-0.3, -0.25) is 9.59 Å². The zero-order valence-electron chi connectivity index (χ0n) is 18.1. The van der Waals surface area contributed by atoms with Gasteiger partial charge in [0.2, 0.25) is 0 Å². The van der Waals surface area contributed by atoms with Crippen LogP contribution in [0.5, 0.6) is 11.5 Å². The summed E-state index contributed by atoms with van der Waals surface area (Å²) < 4.78 is 16.5. The van der Waals surface area contributed by atoms with E-state index >= 15 is 0 Å². The van der Waals surface area contributed by atoms with Crippen LogP contribution in [0.3, 0.4) is 0 Å². The Balaban J connectivity index is 1.83. The maximum atomic E-state index is 13.1. The van der Waals surface area contributed by atoms with Gasteiger partial charge in [0, 0.05) is 11.1 Å². The first kappa shape index (κ1) is 22.5. The molecule has 7 nitrogen and oxygen atoms in total. The molecule has 1 aliphatic heterocycles. The molecule has 0 bridgehead atoms. The number of benzene rings is 2. The van der Waals surface area contributed by atoms with Gasteiger partial charge >= 0.3 is 0 Å². The molecule has 4 rings (SSSR count). The van der Waals surface area contributed by atoms with E-state index in [9.17, 15) is 14.7 Å². The molecule has 0 saturated carbocycles. The third kappa shape index (κ3) is 4.19. The maximum absolute atomic E-state index is 13.1. The number of halogens is 1. The fraction of sp³-hybridized carbons (Fsp3) is 0.200. The second-order valence-corrected chi connectivity index (χ2v) is 7.74. The Morgan fingerprint density at radius 2 is 1.91 bits per heavy atom. The average molecular weight is 468 g/mol. The molecule has 1 saturated heterocycles. The number of furan rings is 1. The molecular weight excluding hydrogens is 446 g/mol. The number of likely N-dealkylation sites (tertiary alicyclic amines) is 1. The van der Waals surface area contributed by atoms with E-state index in [-0.39, 0.29) is 17.9 Å². The van der Waals surface area contributed by atoms with Gasteiger partial charge in [0.05, 0.1) is 37.1 Å². The summed E-state index contributed by atoms with van der Waals surface area (Å²) in [6.45, 7) is 2.27. The van der Waals surface area contributed by atoms with Gasteiger partial charge in [-0.05, 0) is 43.3 Å². The summed E-state index contributed by atoms with van der Waals surface area (Å²) in [6.07, 6.45) is 1.45. The van der Waals surface area contributed by atoms with Crippen molar-refractivity contribution in [3.63, 3.8) is 0 Å². The van der Waals surface area contributed by atoms with Crippen LogP contribution in [-0.2, 0) is 16.1 Å².